The van der Waals surface area contributed by atoms with Crippen molar-refractivity contribution < 1.29 is 19.1 Å². The molecule has 0 spiro atoms. The molecule has 2 aromatic carbocycles. The highest BCUT2D eigenvalue weighted by Crippen LogP contribution is 2.33. The minimum atomic E-state index is -0.548. The lowest BCUT2D eigenvalue weighted by Crippen LogP contribution is -2.36. The van der Waals surface area contributed by atoms with Gasteiger partial charge in [-0.25, -0.2) is 9.97 Å². The van der Waals surface area contributed by atoms with E-state index in [2.05, 4.69) is 15.3 Å². The normalized spacial score (nSPS) is 14.4. The van der Waals surface area contributed by atoms with Crippen molar-refractivity contribution in [1.82, 2.24) is 9.97 Å². The van der Waals surface area contributed by atoms with Crippen molar-refractivity contribution in [2.75, 3.05) is 5.32 Å². The number of ketones is 1. The molecule has 1 amide bonds. The Morgan fingerprint density at radius 2 is 1.81 bits per heavy atom. The molecule has 4 rings (SSSR count). The summed E-state index contributed by atoms with van der Waals surface area (Å²) in [5, 5.41) is 2.83. The van der Waals surface area contributed by atoms with Crippen molar-refractivity contribution in [3.8, 4) is 17.5 Å². The van der Waals surface area contributed by atoms with Gasteiger partial charge in [0.15, 0.2) is 5.78 Å². The van der Waals surface area contributed by atoms with Gasteiger partial charge in [-0.05, 0) is 64.1 Å². The van der Waals surface area contributed by atoms with Crippen LogP contribution in [-0.4, -0.2) is 27.3 Å². The van der Waals surface area contributed by atoms with Gasteiger partial charge in [0, 0.05) is 28.7 Å². The number of rotatable bonds is 4. The van der Waals surface area contributed by atoms with Crippen LogP contribution in [0, 0.1) is 13.8 Å². The maximum Gasteiger partial charge on any atom is 0.322 e. The van der Waals surface area contributed by atoms with Gasteiger partial charge in [0.25, 0.3) is 5.91 Å². The number of carbonyl (C=O) groups excluding carboxylic acids is 2. The highest BCUT2D eigenvalue weighted by atomic mass is 16.5. The van der Waals surface area contributed by atoms with Crippen LogP contribution in [0.25, 0.3) is 0 Å². The van der Waals surface area contributed by atoms with Crippen LogP contribution in [0.4, 0.5) is 5.69 Å². The molecule has 31 heavy (non-hydrogen) atoms. The zero-order chi connectivity index (χ0) is 22.2. The number of amides is 1. The summed E-state index contributed by atoms with van der Waals surface area (Å²) in [6.07, 6.45) is 0.269. The van der Waals surface area contributed by atoms with Crippen LogP contribution >= 0.6 is 0 Å². The standard InChI is InChI=1S/C24H23N3O4/c1-14-10-15(2)26-23(25-14)30-18-7-5-6-17(12-18)27-22(29)16-8-9-21-19(11-16)20(28)13-24(3,4)31-21/h5-12H,13H2,1-4H3,(H,27,29). The number of nitrogens with one attached hydrogen (secondary N) is 1. The molecule has 1 N–H and O–H groups in total. The van der Waals surface area contributed by atoms with Crippen molar-refractivity contribution in [2.45, 2.75) is 39.7 Å². The molecule has 0 bridgehead atoms. The molecule has 0 aliphatic carbocycles. The first-order valence-electron chi connectivity index (χ1n) is 9.96. The molecule has 1 aliphatic rings. The molecule has 2 heterocycles. The molecule has 0 radical (unpaired) electrons. The summed E-state index contributed by atoms with van der Waals surface area (Å²) < 4.78 is 11.6. The molecule has 158 valence electrons. The van der Waals surface area contributed by atoms with E-state index in [1.807, 2.05) is 33.8 Å². The van der Waals surface area contributed by atoms with Crippen LogP contribution in [0.3, 0.4) is 0 Å². The number of Topliss-reactive ketones (excluding diaryl/α,β-unsaturated/α-hetero) is 1. The number of hydrogen-bond donors (Lipinski definition) is 1. The summed E-state index contributed by atoms with van der Waals surface area (Å²) in [7, 11) is 0. The Labute approximate surface area is 180 Å². The fourth-order valence-electron chi connectivity index (χ4n) is 3.48. The predicted octanol–water partition coefficient (Wildman–Crippen LogP) is 4.88. The van der Waals surface area contributed by atoms with Gasteiger partial charge >= 0.3 is 6.01 Å². The van der Waals surface area contributed by atoms with E-state index < -0.39 is 5.60 Å². The number of hydrogen-bond acceptors (Lipinski definition) is 6. The third kappa shape index (κ3) is 4.71. The number of anilines is 1. The summed E-state index contributed by atoms with van der Waals surface area (Å²) in [5.41, 5.74) is 2.42. The number of nitrogens with zero attached hydrogens (tertiary/aromatic N) is 2. The molecule has 0 unspecified atom stereocenters. The van der Waals surface area contributed by atoms with Gasteiger partial charge in [0.2, 0.25) is 0 Å². The lowest BCUT2D eigenvalue weighted by atomic mass is 9.92. The maximum absolute atomic E-state index is 12.8. The van der Waals surface area contributed by atoms with Crippen LogP contribution in [0.2, 0.25) is 0 Å². The number of aryl methyl sites for hydroxylation is 2. The van der Waals surface area contributed by atoms with Crippen molar-refractivity contribution >= 4 is 17.4 Å². The molecule has 0 fully saturated rings. The fraction of sp³-hybridized carbons (Fsp3) is 0.250. The highest BCUT2D eigenvalue weighted by molar-refractivity contribution is 6.07. The van der Waals surface area contributed by atoms with Gasteiger partial charge < -0.3 is 14.8 Å². The van der Waals surface area contributed by atoms with Crippen LogP contribution in [0.15, 0.2) is 48.5 Å². The third-order valence-corrected chi connectivity index (χ3v) is 4.78. The quantitative estimate of drug-likeness (QED) is 0.651. The second-order valence-electron chi connectivity index (χ2n) is 8.19. The Hall–Kier alpha value is -3.74. The van der Waals surface area contributed by atoms with E-state index in [1.54, 1.807) is 42.5 Å². The Balaban J connectivity index is 1.51. The SMILES string of the molecule is Cc1cc(C)nc(Oc2cccc(NC(=O)c3ccc4c(c3)C(=O)CC(C)(C)O4)c2)n1. The van der Waals surface area contributed by atoms with E-state index in [0.717, 1.165) is 11.4 Å². The van der Waals surface area contributed by atoms with Crippen molar-refractivity contribution in [1.29, 1.82) is 0 Å². The van der Waals surface area contributed by atoms with Crippen LogP contribution in [-0.2, 0) is 0 Å². The van der Waals surface area contributed by atoms with Crippen LogP contribution in [0.1, 0.15) is 52.4 Å². The van der Waals surface area contributed by atoms with E-state index in [0.29, 0.717) is 28.3 Å². The molecule has 7 heteroatoms. The van der Waals surface area contributed by atoms with Gasteiger partial charge in [-0.1, -0.05) is 6.07 Å². The second kappa shape index (κ2) is 7.83. The van der Waals surface area contributed by atoms with E-state index >= 15 is 0 Å². The Kier molecular flexibility index (Phi) is 5.19. The first-order valence-corrected chi connectivity index (χ1v) is 9.96. The molecule has 0 atom stereocenters. The molecule has 0 saturated heterocycles. The molecule has 7 nitrogen and oxygen atoms in total. The first-order chi connectivity index (χ1) is 14.7. The lowest BCUT2D eigenvalue weighted by molar-refractivity contribution is 0.0620. The summed E-state index contributed by atoms with van der Waals surface area (Å²) >= 11 is 0. The van der Waals surface area contributed by atoms with Crippen LogP contribution < -0.4 is 14.8 Å². The Morgan fingerprint density at radius 1 is 1.06 bits per heavy atom. The summed E-state index contributed by atoms with van der Waals surface area (Å²) in [6.45, 7) is 7.47. The van der Waals surface area contributed by atoms with E-state index in [9.17, 15) is 9.59 Å². The van der Waals surface area contributed by atoms with Gasteiger partial charge in [-0.3, -0.25) is 9.59 Å². The van der Waals surface area contributed by atoms with E-state index in [4.69, 9.17) is 9.47 Å². The number of fused-ring (bicyclic) bond motifs is 1. The number of ether oxygens (including phenoxy) is 2. The fourth-order valence-corrected chi connectivity index (χ4v) is 3.48. The number of aromatic nitrogens is 2. The largest absolute Gasteiger partial charge is 0.487 e. The molecule has 3 aromatic rings. The van der Waals surface area contributed by atoms with Crippen molar-refractivity contribution in [3.05, 3.63) is 71.0 Å². The molecular formula is C24H23N3O4. The summed E-state index contributed by atoms with van der Waals surface area (Å²) in [6, 6.07) is 14.0. The second-order valence-corrected chi connectivity index (χ2v) is 8.19. The highest BCUT2D eigenvalue weighted by Gasteiger charge is 2.32. The Morgan fingerprint density at radius 3 is 2.55 bits per heavy atom. The van der Waals surface area contributed by atoms with Gasteiger partial charge in [-0.15, -0.1) is 0 Å². The van der Waals surface area contributed by atoms with Crippen molar-refractivity contribution in [2.24, 2.45) is 0 Å². The summed E-state index contributed by atoms with van der Waals surface area (Å²) in [5.74, 6) is 0.630. The number of benzene rings is 2. The smallest absolute Gasteiger partial charge is 0.322 e. The lowest BCUT2D eigenvalue weighted by Gasteiger charge is -2.31. The molecular weight excluding hydrogens is 394 g/mol. The predicted molar refractivity (Wildman–Crippen MR) is 116 cm³/mol. The summed E-state index contributed by atoms with van der Waals surface area (Å²) in [4.78, 5) is 33.7. The zero-order valence-electron chi connectivity index (χ0n) is 17.9. The van der Waals surface area contributed by atoms with Crippen molar-refractivity contribution in [3.63, 3.8) is 0 Å². The molecule has 1 aliphatic heterocycles. The number of carbonyl (C=O) groups is 2. The van der Waals surface area contributed by atoms with Gasteiger partial charge in [0.05, 0.1) is 12.0 Å². The first kappa shape index (κ1) is 20.5. The minimum absolute atomic E-state index is 0.0373. The minimum Gasteiger partial charge on any atom is -0.487 e. The molecule has 1 aromatic heterocycles. The zero-order valence-corrected chi connectivity index (χ0v) is 17.9. The van der Waals surface area contributed by atoms with E-state index in [1.165, 1.54) is 0 Å². The van der Waals surface area contributed by atoms with Gasteiger partial charge in [-0.2, -0.15) is 0 Å². The monoisotopic (exact) mass is 417 g/mol. The molecule has 0 saturated carbocycles. The maximum atomic E-state index is 12.8. The average molecular weight is 417 g/mol. The Bertz CT molecular complexity index is 1170. The average Bonchev–Trinajstić information content (AvgIpc) is 2.66. The van der Waals surface area contributed by atoms with Gasteiger partial charge in [0.1, 0.15) is 17.1 Å². The van der Waals surface area contributed by atoms with Crippen LogP contribution in [0.5, 0.6) is 17.5 Å². The topological polar surface area (TPSA) is 90.4 Å². The third-order valence-electron chi connectivity index (χ3n) is 4.78. The van der Waals surface area contributed by atoms with E-state index in [-0.39, 0.29) is 24.1 Å².